The number of nitrogens with one attached hydrogen (secondary N) is 3. The van der Waals surface area contributed by atoms with Crippen molar-refractivity contribution in [2.45, 2.75) is 45.2 Å². The van der Waals surface area contributed by atoms with E-state index in [9.17, 15) is 8.42 Å². The lowest BCUT2D eigenvalue weighted by atomic mass is 9.87. The molecular weight excluding hydrogens is 462 g/mol. The first-order valence-electron chi connectivity index (χ1n) is 11.2. The lowest BCUT2D eigenvalue weighted by Crippen LogP contribution is -2.38. The molecule has 0 heterocycles. The number of benzene rings is 3. The van der Waals surface area contributed by atoms with E-state index >= 15 is 0 Å². The number of anilines is 1. The van der Waals surface area contributed by atoms with Crippen molar-refractivity contribution in [2.75, 3.05) is 11.0 Å². The molecule has 0 spiro atoms. The predicted octanol–water partition coefficient (Wildman–Crippen LogP) is 5.30. The summed E-state index contributed by atoms with van der Waals surface area (Å²) in [7, 11) is -3.32. The van der Waals surface area contributed by atoms with Crippen molar-refractivity contribution in [2.24, 2.45) is 0 Å². The molecule has 3 aromatic carbocycles. The predicted molar refractivity (Wildman–Crippen MR) is 146 cm³/mol. The molecule has 1 unspecified atom stereocenters. The second-order valence-corrected chi connectivity index (χ2v) is 11.7. The molecule has 180 valence electrons. The van der Waals surface area contributed by atoms with Crippen LogP contribution in [-0.4, -0.2) is 19.8 Å². The van der Waals surface area contributed by atoms with Gasteiger partial charge in [0.1, 0.15) is 0 Å². The molecule has 3 rings (SSSR count). The van der Waals surface area contributed by atoms with Gasteiger partial charge in [0.2, 0.25) is 10.0 Å². The van der Waals surface area contributed by atoms with E-state index in [1.54, 1.807) is 12.1 Å². The fourth-order valence-corrected chi connectivity index (χ4v) is 4.39. The first kappa shape index (κ1) is 25.7. The van der Waals surface area contributed by atoms with Gasteiger partial charge >= 0.3 is 0 Å². The lowest BCUT2D eigenvalue weighted by molar-refractivity contribution is 0.589. The maximum Gasteiger partial charge on any atom is 0.229 e. The monoisotopic (exact) mass is 495 g/mol. The summed E-state index contributed by atoms with van der Waals surface area (Å²) >= 11 is 5.61. The Morgan fingerprint density at radius 2 is 1.50 bits per heavy atom. The zero-order valence-corrected chi connectivity index (χ0v) is 21.8. The second kappa shape index (κ2) is 11.0. The van der Waals surface area contributed by atoms with Gasteiger partial charge in [-0.05, 0) is 58.4 Å². The molecular formula is C27H33N3O2S2. The van der Waals surface area contributed by atoms with E-state index in [-0.39, 0.29) is 11.5 Å². The second-order valence-electron chi connectivity index (χ2n) is 9.51. The summed E-state index contributed by atoms with van der Waals surface area (Å²) in [6, 6.07) is 26.1. The first-order valence-corrected chi connectivity index (χ1v) is 13.5. The van der Waals surface area contributed by atoms with Gasteiger partial charge < -0.3 is 10.6 Å². The summed E-state index contributed by atoms with van der Waals surface area (Å²) in [5, 5.41) is 7.32. The van der Waals surface area contributed by atoms with Gasteiger partial charge in [0.15, 0.2) is 5.11 Å². The molecule has 3 N–H and O–H groups in total. The highest BCUT2D eigenvalue weighted by atomic mass is 32.2. The number of thiocarbonyl (C=S) groups is 1. The van der Waals surface area contributed by atoms with Crippen LogP contribution in [0.2, 0.25) is 0 Å². The highest BCUT2D eigenvalue weighted by Gasteiger charge is 2.15. The third-order valence-electron chi connectivity index (χ3n) is 5.48. The molecule has 0 aliphatic carbocycles. The van der Waals surface area contributed by atoms with Crippen LogP contribution in [0.3, 0.4) is 0 Å². The van der Waals surface area contributed by atoms with E-state index in [4.69, 9.17) is 12.2 Å². The summed E-state index contributed by atoms with van der Waals surface area (Å²) in [5.74, 6) is 0. The maximum atomic E-state index is 11.5. The zero-order valence-electron chi connectivity index (χ0n) is 20.1. The molecule has 5 nitrogen and oxygen atoms in total. The van der Waals surface area contributed by atoms with Crippen molar-refractivity contribution in [3.63, 3.8) is 0 Å². The van der Waals surface area contributed by atoms with Crippen molar-refractivity contribution in [1.82, 2.24) is 10.6 Å². The fraction of sp³-hybridized carbons (Fsp3) is 0.296. The third kappa shape index (κ3) is 8.15. The Hall–Kier alpha value is -2.90. The van der Waals surface area contributed by atoms with E-state index in [1.165, 1.54) is 11.1 Å². The zero-order chi connectivity index (χ0) is 24.8. The van der Waals surface area contributed by atoms with Crippen molar-refractivity contribution >= 4 is 33.0 Å². The third-order valence-corrected chi connectivity index (χ3v) is 6.35. The van der Waals surface area contributed by atoms with E-state index < -0.39 is 10.0 Å². The molecule has 34 heavy (non-hydrogen) atoms. The molecule has 0 fully saturated rings. The van der Waals surface area contributed by atoms with Crippen molar-refractivity contribution in [3.05, 3.63) is 101 Å². The highest BCUT2D eigenvalue weighted by Crippen LogP contribution is 2.23. The molecule has 0 saturated heterocycles. The molecule has 1 atom stereocenters. The summed E-state index contributed by atoms with van der Waals surface area (Å²) in [6.45, 7) is 7.24. The Bertz CT molecular complexity index is 1190. The van der Waals surface area contributed by atoms with Crippen LogP contribution in [0.1, 0.15) is 49.1 Å². The minimum atomic E-state index is -3.32. The van der Waals surface area contributed by atoms with Gasteiger partial charge in [0, 0.05) is 12.2 Å². The summed E-state index contributed by atoms with van der Waals surface area (Å²) in [5.41, 5.74) is 5.31. The van der Waals surface area contributed by atoms with Gasteiger partial charge in [0.05, 0.1) is 12.3 Å². The highest BCUT2D eigenvalue weighted by molar-refractivity contribution is 7.92. The Morgan fingerprint density at radius 3 is 2.06 bits per heavy atom. The van der Waals surface area contributed by atoms with Crippen molar-refractivity contribution < 1.29 is 8.42 Å². The Morgan fingerprint density at radius 1 is 0.882 bits per heavy atom. The molecule has 0 aliphatic rings. The molecule has 3 aromatic rings. The van der Waals surface area contributed by atoms with Crippen LogP contribution in [-0.2, 0) is 28.4 Å². The summed E-state index contributed by atoms with van der Waals surface area (Å²) in [4.78, 5) is 0. The van der Waals surface area contributed by atoms with Crippen LogP contribution in [0.5, 0.6) is 0 Å². The van der Waals surface area contributed by atoms with E-state index in [0.29, 0.717) is 17.3 Å². The lowest BCUT2D eigenvalue weighted by Gasteiger charge is -2.22. The molecule has 0 aliphatic heterocycles. The van der Waals surface area contributed by atoms with Crippen LogP contribution in [0, 0.1) is 0 Å². The quantitative estimate of drug-likeness (QED) is 0.370. The van der Waals surface area contributed by atoms with Crippen LogP contribution in [0.4, 0.5) is 5.69 Å². The molecule has 0 saturated carbocycles. The van der Waals surface area contributed by atoms with Gasteiger partial charge in [-0.2, -0.15) is 0 Å². The van der Waals surface area contributed by atoms with Crippen LogP contribution < -0.4 is 15.4 Å². The van der Waals surface area contributed by atoms with Gasteiger partial charge in [-0.15, -0.1) is 0 Å². The standard InChI is InChI=1S/C27H33N3O2S2/c1-27(2,3)23-14-10-21(11-15-23)19-28-26(33)29-25(18-20-8-6-5-7-9-20)22-12-16-24(17-13-22)30-34(4,31)32/h5-17,25,30H,18-19H2,1-4H3,(H2,28,29,33). The summed E-state index contributed by atoms with van der Waals surface area (Å²) in [6.07, 6.45) is 1.88. The Balaban J connectivity index is 1.69. The SMILES string of the molecule is CC(C)(C)c1ccc(CNC(=S)NC(Cc2ccccc2)c2ccc(NS(C)(=O)=O)cc2)cc1. The maximum absolute atomic E-state index is 11.5. The van der Waals surface area contributed by atoms with E-state index in [2.05, 4.69) is 72.5 Å². The van der Waals surface area contributed by atoms with Gasteiger partial charge in [-0.1, -0.05) is 87.5 Å². The molecule has 0 aromatic heterocycles. The van der Waals surface area contributed by atoms with Gasteiger partial charge in [-0.25, -0.2) is 8.42 Å². The Labute approximate surface area is 209 Å². The molecule has 7 heteroatoms. The fourth-order valence-electron chi connectivity index (χ4n) is 3.61. The number of rotatable bonds is 8. The van der Waals surface area contributed by atoms with Gasteiger partial charge in [0.25, 0.3) is 0 Å². The minimum Gasteiger partial charge on any atom is -0.359 e. The average molecular weight is 496 g/mol. The van der Waals surface area contributed by atoms with Crippen molar-refractivity contribution in [3.8, 4) is 0 Å². The number of hydrogen-bond donors (Lipinski definition) is 3. The van der Waals surface area contributed by atoms with Crippen LogP contribution in [0.15, 0.2) is 78.9 Å². The number of hydrogen-bond acceptors (Lipinski definition) is 3. The average Bonchev–Trinajstić information content (AvgIpc) is 2.77. The summed E-state index contributed by atoms with van der Waals surface area (Å²) < 4.78 is 25.5. The molecule has 0 radical (unpaired) electrons. The van der Waals surface area contributed by atoms with Gasteiger partial charge in [-0.3, -0.25) is 4.72 Å². The van der Waals surface area contributed by atoms with Crippen LogP contribution >= 0.6 is 12.2 Å². The Kier molecular flexibility index (Phi) is 8.33. The van der Waals surface area contributed by atoms with E-state index in [1.807, 2.05) is 30.3 Å². The number of sulfonamides is 1. The topological polar surface area (TPSA) is 70.2 Å². The smallest absolute Gasteiger partial charge is 0.229 e. The largest absolute Gasteiger partial charge is 0.359 e. The minimum absolute atomic E-state index is 0.0713. The van der Waals surface area contributed by atoms with Crippen molar-refractivity contribution in [1.29, 1.82) is 0 Å². The first-order chi connectivity index (χ1) is 16.0. The molecule has 0 bridgehead atoms. The molecule has 0 amide bonds. The van der Waals surface area contributed by atoms with E-state index in [0.717, 1.165) is 23.8 Å². The van der Waals surface area contributed by atoms with Crippen LogP contribution in [0.25, 0.3) is 0 Å². The normalized spacial score (nSPS) is 12.6.